The average Bonchev–Trinajstić information content (AvgIpc) is 2.15. The van der Waals surface area contributed by atoms with Gasteiger partial charge in [-0.15, -0.1) is 0 Å². The van der Waals surface area contributed by atoms with Gasteiger partial charge < -0.3 is 10.1 Å². The van der Waals surface area contributed by atoms with Gasteiger partial charge in [0.05, 0.1) is 4.92 Å². The number of aromatic nitrogens is 1. The van der Waals surface area contributed by atoms with E-state index in [9.17, 15) is 10.1 Å². The zero-order valence-electron chi connectivity index (χ0n) is 10.5. The highest BCUT2D eigenvalue weighted by atomic mass is 16.6. The van der Waals surface area contributed by atoms with E-state index in [4.69, 9.17) is 4.74 Å². The molecule has 0 aliphatic rings. The molecule has 0 unspecified atom stereocenters. The second-order valence-electron chi connectivity index (χ2n) is 4.52. The topological polar surface area (TPSA) is 77.3 Å². The molecule has 1 N–H and O–H groups in total. The van der Waals surface area contributed by atoms with Crippen LogP contribution in [0.3, 0.4) is 0 Å². The fraction of sp³-hybridized carbons (Fsp3) is 0.545. The average molecular weight is 239 g/mol. The minimum atomic E-state index is -0.525. The van der Waals surface area contributed by atoms with Crippen molar-refractivity contribution in [3.05, 3.63) is 22.2 Å². The fourth-order valence-electron chi connectivity index (χ4n) is 1.22. The van der Waals surface area contributed by atoms with Gasteiger partial charge in [-0.3, -0.25) is 10.1 Å². The van der Waals surface area contributed by atoms with Gasteiger partial charge in [-0.25, -0.2) is 0 Å². The molecule has 0 aliphatic heterocycles. The third-order valence-corrected chi connectivity index (χ3v) is 1.80. The van der Waals surface area contributed by atoms with E-state index >= 15 is 0 Å². The van der Waals surface area contributed by atoms with Gasteiger partial charge >= 0.3 is 5.69 Å². The van der Waals surface area contributed by atoms with Crippen LogP contribution < -0.4 is 10.1 Å². The summed E-state index contributed by atoms with van der Waals surface area (Å²) in [4.78, 5) is 14.4. The lowest BCUT2D eigenvalue weighted by atomic mass is 10.2. The largest absolute Gasteiger partial charge is 0.467 e. The first kappa shape index (κ1) is 13.2. The summed E-state index contributed by atoms with van der Waals surface area (Å²) in [5.74, 6) is 0.610. The number of hydrogen-bond acceptors (Lipinski definition) is 5. The molecule has 0 amide bonds. The Bertz CT molecular complexity index is 413. The molecular weight excluding hydrogens is 222 g/mol. The molecule has 6 nitrogen and oxygen atoms in total. The number of anilines is 1. The van der Waals surface area contributed by atoms with E-state index in [1.807, 2.05) is 27.7 Å². The second-order valence-corrected chi connectivity index (χ2v) is 4.52. The molecule has 0 spiro atoms. The molecule has 0 saturated carbocycles. The van der Waals surface area contributed by atoms with Crippen molar-refractivity contribution in [2.45, 2.75) is 33.3 Å². The van der Waals surface area contributed by atoms with Gasteiger partial charge in [-0.05, 0) is 33.8 Å². The molecule has 17 heavy (non-hydrogen) atoms. The third kappa shape index (κ3) is 3.90. The minimum absolute atomic E-state index is 0.0425. The van der Waals surface area contributed by atoms with Gasteiger partial charge in [0.25, 0.3) is 5.88 Å². The van der Waals surface area contributed by atoms with E-state index in [1.165, 1.54) is 6.07 Å². The molecule has 0 fully saturated rings. The van der Waals surface area contributed by atoms with E-state index in [2.05, 4.69) is 10.3 Å². The van der Waals surface area contributed by atoms with E-state index in [-0.39, 0.29) is 11.6 Å². The predicted molar refractivity (Wildman–Crippen MR) is 65.4 cm³/mol. The summed E-state index contributed by atoms with van der Waals surface area (Å²) < 4.78 is 5.49. The molecule has 6 heteroatoms. The maximum Gasteiger partial charge on any atom is 0.331 e. The van der Waals surface area contributed by atoms with Crippen LogP contribution in [0.1, 0.15) is 27.7 Å². The first-order valence-electron chi connectivity index (χ1n) is 5.42. The molecule has 0 aliphatic carbocycles. The Balaban J connectivity index is 3.11. The first-order chi connectivity index (χ1) is 7.83. The van der Waals surface area contributed by atoms with E-state index in [0.29, 0.717) is 12.4 Å². The molecule has 0 saturated heterocycles. The Morgan fingerprint density at radius 3 is 2.59 bits per heavy atom. The lowest BCUT2D eigenvalue weighted by Crippen LogP contribution is -2.24. The molecule has 0 radical (unpaired) electrons. The van der Waals surface area contributed by atoms with Crippen molar-refractivity contribution in [2.24, 2.45) is 0 Å². The summed E-state index contributed by atoms with van der Waals surface area (Å²) in [6.07, 6.45) is 0. The summed E-state index contributed by atoms with van der Waals surface area (Å²) in [6.45, 7) is 8.07. The molecule has 1 rings (SSSR count). The monoisotopic (exact) mass is 239 g/mol. The number of hydrogen-bond donors (Lipinski definition) is 1. The fourth-order valence-corrected chi connectivity index (χ4v) is 1.22. The van der Waals surface area contributed by atoms with Crippen molar-refractivity contribution in [1.82, 2.24) is 4.98 Å². The summed E-state index contributed by atoms with van der Waals surface area (Å²) in [7, 11) is 0. The molecular formula is C11H17N3O3. The number of nitrogens with one attached hydrogen (secondary N) is 1. The van der Waals surface area contributed by atoms with Crippen LogP contribution in [0, 0.1) is 10.1 Å². The highest BCUT2D eigenvalue weighted by Gasteiger charge is 2.22. The number of rotatable bonds is 4. The van der Waals surface area contributed by atoms with Crippen molar-refractivity contribution >= 4 is 11.5 Å². The van der Waals surface area contributed by atoms with Crippen molar-refractivity contribution < 1.29 is 9.66 Å². The second kappa shape index (κ2) is 4.99. The standard InChI is InChI=1S/C11H17N3O3/c1-5-12-9-7-6-8(14(15)16)10(13-9)17-11(2,3)4/h6-7H,5H2,1-4H3,(H,12,13). The van der Waals surface area contributed by atoms with Crippen LogP contribution in [0.4, 0.5) is 11.5 Å². The van der Waals surface area contributed by atoms with Gasteiger partial charge in [0.2, 0.25) is 0 Å². The summed E-state index contributed by atoms with van der Waals surface area (Å²) in [5, 5.41) is 13.8. The SMILES string of the molecule is CCNc1ccc([N+](=O)[O-])c(OC(C)(C)C)n1. The maximum atomic E-state index is 10.8. The van der Waals surface area contributed by atoms with Gasteiger partial charge in [0.1, 0.15) is 11.4 Å². The summed E-state index contributed by atoms with van der Waals surface area (Å²) in [6, 6.07) is 2.96. The van der Waals surface area contributed by atoms with Gasteiger partial charge in [-0.2, -0.15) is 4.98 Å². The van der Waals surface area contributed by atoms with Crippen LogP contribution >= 0.6 is 0 Å². The lowest BCUT2D eigenvalue weighted by Gasteiger charge is -2.20. The van der Waals surface area contributed by atoms with Crippen LogP contribution in [0.5, 0.6) is 5.88 Å². The molecule has 0 bridgehead atoms. The van der Waals surface area contributed by atoms with Gasteiger partial charge in [0, 0.05) is 12.6 Å². The lowest BCUT2D eigenvalue weighted by molar-refractivity contribution is -0.386. The third-order valence-electron chi connectivity index (χ3n) is 1.80. The highest BCUT2D eigenvalue weighted by Crippen LogP contribution is 2.29. The molecule has 1 aromatic heterocycles. The van der Waals surface area contributed by atoms with Crippen molar-refractivity contribution in [3.8, 4) is 5.88 Å². The van der Waals surface area contributed by atoms with Crippen LogP contribution in [0.2, 0.25) is 0 Å². The van der Waals surface area contributed by atoms with E-state index in [1.54, 1.807) is 6.07 Å². The minimum Gasteiger partial charge on any atom is -0.467 e. The van der Waals surface area contributed by atoms with Crippen molar-refractivity contribution in [1.29, 1.82) is 0 Å². The Morgan fingerprint density at radius 2 is 2.12 bits per heavy atom. The van der Waals surface area contributed by atoms with Gasteiger partial charge in [0.15, 0.2) is 0 Å². The maximum absolute atomic E-state index is 10.8. The first-order valence-corrected chi connectivity index (χ1v) is 5.42. The Labute approximate surface area is 100 Å². The number of ether oxygens (including phenoxy) is 1. The molecule has 94 valence electrons. The number of nitrogens with zero attached hydrogens (tertiary/aromatic N) is 2. The Morgan fingerprint density at radius 1 is 1.47 bits per heavy atom. The van der Waals surface area contributed by atoms with Crippen molar-refractivity contribution in [2.75, 3.05) is 11.9 Å². The number of pyridine rings is 1. The zero-order valence-corrected chi connectivity index (χ0v) is 10.5. The van der Waals surface area contributed by atoms with E-state index in [0.717, 1.165) is 0 Å². The van der Waals surface area contributed by atoms with Crippen LogP contribution in [-0.4, -0.2) is 22.1 Å². The van der Waals surface area contributed by atoms with E-state index < -0.39 is 10.5 Å². The Kier molecular flexibility index (Phi) is 3.88. The number of nitro groups is 1. The summed E-state index contributed by atoms with van der Waals surface area (Å²) in [5.41, 5.74) is -0.649. The Hall–Kier alpha value is -1.85. The van der Waals surface area contributed by atoms with Crippen LogP contribution in [0.15, 0.2) is 12.1 Å². The van der Waals surface area contributed by atoms with Gasteiger partial charge in [-0.1, -0.05) is 0 Å². The smallest absolute Gasteiger partial charge is 0.331 e. The highest BCUT2D eigenvalue weighted by molar-refractivity contribution is 5.49. The zero-order chi connectivity index (χ0) is 13.1. The summed E-state index contributed by atoms with van der Waals surface area (Å²) >= 11 is 0. The molecule has 1 aromatic rings. The molecule has 0 aromatic carbocycles. The normalized spacial score (nSPS) is 11.1. The van der Waals surface area contributed by atoms with Crippen LogP contribution in [0.25, 0.3) is 0 Å². The molecule has 0 atom stereocenters. The van der Waals surface area contributed by atoms with Crippen molar-refractivity contribution in [3.63, 3.8) is 0 Å². The predicted octanol–water partition coefficient (Wildman–Crippen LogP) is 2.60. The quantitative estimate of drug-likeness (QED) is 0.645. The molecule has 1 heterocycles. The van der Waals surface area contributed by atoms with Crippen LogP contribution in [-0.2, 0) is 0 Å².